The van der Waals surface area contributed by atoms with Crippen molar-refractivity contribution >= 4 is 5.96 Å². The molecule has 0 atom stereocenters. The number of hydrogen-bond acceptors (Lipinski definition) is 3. The number of nitrogens with one attached hydrogen (secondary N) is 2. The summed E-state index contributed by atoms with van der Waals surface area (Å²) >= 11 is 0. The molecule has 0 bridgehead atoms. The second kappa shape index (κ2) is 9.90. The zero-order valence-electron chi connectivity index (χ0n) is 18.5. The minimum atomic E-state index is 0.196. The molecular weight excluding hydrogens is 360 g/mol. The summed E-state index contributed by atoms with van der Waals surface area (Å²) in [5.41, 5.74) is 2.90. The molecule has 1 aromatic heterocycles. The minimum absolute atomic E-state index is 0.196. The molecule has 158 valence electrons. The first kappa shape index (κ1) is 21.3. The first-order valence-corrected chi connectivity index (χ1v) is 11.0. The molecule has 0 aliphatic carbocycles. The third-order valence-corrected chi connectivity index (χ3v) is 5.44. The fourth-order valence-electron chi connectivity index (χ4n) is 3.65. The molecule has 2 heterocycles. The summed E-state index contributed by atoms with van der Waals surface area (Å²) in [6, 6.07) is 8.95. The number of aryl methyl sites for hydroxylation is 1. The van der Waals surface area contributed by atoms with Crippen molar-refractivity contribution in [1.29, 1.82) is 0 Å². The lowest BCUT2D eigenvalue weighted by atomic mass is 9.86. The zero-order chi connectivity index (χ0) is 20.7. The Morgan fingerprint density at radius 1 is 1.07 bits per heavy atom. The molecule has 0 spiro atoms. The van der Waals surface area contributed by atoms with Crippen molar-refractivity contribution in [2.24, 2.45) is 4.99 Å². The molecule has 2 aromatic rings. The van der Waals surface area contributed by atoms with Gasteiger partial charge in [-0.1, -0.05) is 51.5 Å². The summed E-state index contributed by atoms with van der Waals surface area (Å²) in [4.78, 5) is 4.74. The van der Waals surface area contributed by atoms with Crippen molar-refractivity contribution in [1.82, 2.24) is 25.4 Å². The Bertz CT molecular complexity index is 798. The zero-order valence-corrected chi connectivity index (χ0v) is 18.5. The predicted molar refractivity (Wildman–Crippen MR) is 119 cm³/mol. The van der Waals surface area contributed by atoms with E-state index >= 15 is 0 Å². The van der Waals surface area contributed by atoms with Crippen molar-refractivity contribution in [2.75, 3.05) is 13.1 Å². The Hall–Kier alpha value is -2.37. The van der Waals surface area contributed by atoms with Crippen LogP contribution in [0.4, 0.5) is 0 Å². The molecule has 0 saturated heterocycles. The molecule has 0 fully saturated rings. The van der Waals surface area contributed by atoms with E-state index in [0.29, 0.717) is 6.54 Å². The Kier molecular flexibility index (Phi) is 7.29. The number of aromatic nitrogens is 3. The van der Waals surface area contributed by atoms with E-state index < -0.39 is 0 Å². The maximum Gasteiger partial charge on any atom is 0.191 e. The van der Waals surface area contributed by atoms with Gasteiger partial charge in [0.25, 0.3) is 0 Å². The van der Waals surface area contributed by atoms with Gasteiger partial charge in [0.15, 0.2) is 11.8 Å². The number of nitrogens with zero attached hydrogens (tertiary/aromatic N) is 4. The summed E-state index contributed by atoms with van der Waals surface area (Å²) in [6.07, 6.45) is 5.68. The number of rotatable bonds is 6. The van der Waals surface area contributed by atoms with Gasteiger partial charge >= 0.3 is 0 Å². The maximum atomic E-state index is 4.74. The van der Waals surface area contributed by atoms with Gasteiger partial charge in [0, 0.05) is 26.1 Å². The van der Waals surface area contributed by atoms with E-state index in [1.54, 1.807) is 0 Å². The van der Waals surface area contributed by atoms with Gasteiger partial charge in [-0.15, -0.1) is 10.2 Å². The molecule has 29 heavy (non-hydrogen) atoms. The van der Waals surface area contributed by atoms with Gasteiger partial charge in [-0.3, -0.25) is 0 Å². The summed E-state index contributed by atoms with van der Waals surface area (Å²) in [7, 11) is 0. The molecule has 1 aliphatic rings. The van der Waals surface area contributed by atoms with Gasteiger partial charge in [-0.05, 0) is 42.7 Å². The van der Waals surface area contributed by atoms with E-state index in [2.05, 4.69) is 77.4 Å². The van der Waals surface area contributed by atoms with Gasteiger partial charge in [0.1, 0.15) is 12.4 Å². The van der Waals surface area contributed by atoms with Gasteiger partial charge < -0.3 is 15.2 Å². The second-order valence-electron chi connectivity index (χ2n) is 8.81. The lowest BCUT2D eigenvalue weighted by molar-refractivity contribution is 0.590. The third kappa shape index (κ3) is 6.05. The van der Waals surface area contributed by atoms with E-state index in [0.717, 1.165) is 50.1 Å². The summed E-state index contributed by atoms with van der Waals surface area (Å²) in [6.45, 7) is 12.1. The number of hydrogen-bond donors (Lipinski definition) is 2. The van der Waals surface area contributed by atoms with Crippen LogP contribution in [0.2, 0.25) is 0 Å². The highest BCUT2D eigenvalue weighted by Gasteiger charge is 2.14. The highest BCUT2D eigenvalue weighted by molar-refractivity contribution is 5.79. The number of fused-ring (bicyclic) bond motifs is 1. The van der Waals surface area contributed by atoms with Crippen molar-refractivity contribution in [3.05, 3.63) is 47.0 Å². The van der Waals surface area contributed by atoms with Crippen molar-refractivity contribution in [3.63, 3.8) is 0 Å². The van der Waals surface area contributed by atoms with Crippen LogP contribution < -0.4 is 10.6 Å². The minimum Gasteiger partial charge on any atom is -0.357 e. The second-order valence-corrected chi connectivity index (χ2v) is 8.81. The topological polar surface area (TPSA) is 67.1 Å². The molecule has 0 radical (unpaired) electrons. The summed E-state index contributed by atoms with van der Waals surface area (Å²) in [5, 5.41) is 15.5. The number of guanidine groups is 1. The van der Waals surface area contributed by atoms with E-state index in [1.165, 1.54) is 30.4 Å². The van der Waals surface area contributed by atoms with Crippen LogP contribution in [-0.4, -0.2) is 33.8 Å². The fraction of sp³-hybridized carbons (Fsp3) is 0.609. The molecule has 0 amide bonds. The lowest BCUT2D eigenvalue weighted by Crippen LogP contribution is -2.38. The Morgan fingerprint density at radius 3 is 2.59 bits per heavy atom. The predicted octanol–water partition coefficient (Wildman–Crippen LogP) is 3.60. The van der Waals surface area contributed by atoms with Crippen molar-refractivity contribution in [2.45, 2.75) is 78.3 Å². The van der Waals surface area contributed by atoms with Gasteiger partial charge in [0.05, 0.1) is 0 Å². The van der Waals surface area contributed by atoms with Crippen LogP contribution in [0.5, 0.6) is 0 Å². The fourth-order valence-corrected chi connectivity index (χ4v) is 3.65. The van der Waals surface area contributed by atoms with Crippen LogP contribution >= 0.6 is 0 Å². The Labute approximate surface area is 175 Å². The van der Waals surface area contributed by atoms with Crippen molar-refractivity contribution in [3.8, 4) is 0 Å². The smallest absolute Gasteiger partial charge is 0.191 e. The van der Waals surface area contributed by atoms with Crippen LogP contribution in [0.1, 0.15) is 69.7 Å². The highest BCUT2D eigenvalue weighted by atomic mass is 15.3. The summed E-state index contributed by atoms with van der Waals surface area (Å²) in [5.74, 6) is 2.92. The van der Waals surface area contributed by atoms with E-state index in [4.69, 9.17) is 4.99 Å². The largest absolute Gasteiger partial charge is 0.357 e. The molecular formula is C23H36N6. The summed E-state index contributed by atoms with van der Waals surface area (Å²) < 4.78 is 2.26. The highest BCUT2D eigenvalue weighted by Crippen LogP contribution is 2.22. The first-order valence-electron chi connectivity index (χ1n) is 11.0. The molecule has 1 aromatic carbocycles. The molecule has 2 N–H and O–H groups in total. The van der Waals surface area contributed by atoms with Crippen LogP contribution in [0.15, 0.2) is 29.3 Å². The van der Waals surface area contributed by atoms with E-state index in [9.17, 15) is 0 Å². The molecule has 0 saturated carbocycles. The van der Waals surface area contributed by atoms with E-state index in [1.807, 2.05) is 0 Å². The maximum absolute atomic E-state index is 4.74. The van der Waals surface area contributed by atoms with Crippen LogP contribution in [0, 0.1) is 0 Å². The normalized spacial score (nSPS) is 15.0. The molecule has 6 heteroatoms. The molecule has 1 aliphatic heterocycles. The van der Waals surface area contributed by atoms with Crippen LogP contribution in [-0.2, 0) is 31.3 Å². The van der Waals surface area contributed by atoms with Gasteiger partial charge in [-0.25, -0.2) is 4.99 Å². The van der Waals surface area contributed by atoms with Crippen LogP contribution in [0.25, 0.3) is 0 Å². The Morgan fingerprint density at radius 2 is 1.86 bits per heavy atom. The standard InChI is InChI=1S/C23H36N6/c1-5-24-22(25-15-14-18-10-12-19(13-11-18)23(2,3)4)26-17-21-28-27-20-9-7-6-8-16-29(20)21/h10-13H,5-9,14-17H2,1-4H3,(H2,24,25,26). The Balaban J connectivity index is 1.55. The van der Waals surface area contributed by atoms with E-state index in [-0.39, 0.29) is 5.41 Å². The average Bonchev–Trinajstić information content (AvgIpc) is 2.92. The van der Waals surface area contributed by atoms with Crippen molar-refractivity contribution < 1.29 is 0 Å². The van der Waals surface area contributed by atoms with Gasteiger partial charge in [-0.2, -0.15) is 0 Å². The molecule has 0 unspecified atom stereocenters. The monoisotopic (exact) mass is 396 g/mol. The lowest BCUT2D eigenvalue weighted by Gasteiger charge is -2.19. The molecule has 6 nitrogen and oxygen atoms in total. The van der Waals surface area contributed by atoms with Gasteiger partial charge in [0.2, 0.25) is 0 Å². The number of benzene rings is 1. The number of aliphatic imine (C=N–C) groups is 1. The van der Waals surface area contributed by atoms with Crippen LogP contribution in [0.3, 0.4) is 0 Å². The molecule has 3 rings (SSSR count). The quantitative estimate of drug-likeness (QED) is 0.578. The SMILES string of the molecule is CCNC(=NCc1nnc2n1CCCCC2)NCCc1ccc(C(C)(C)C)cc1. The first-order chi connectivity index (χ1) is 14.0. The third-order valence-electron chi connectivity index (χ3n) is 5.44. The average molecular weight is 397 g/mol.